The third-order valence-corrected chi connectivity index (χ3v) is 8.41. The van der Waals surface area contributed by atoms with Gasteiger partial charge in [0, 0.05) is 40.1 Å². The van der Waals surface area contributed by atoms with Crippen LogP contribution >= 0.6 is 0 Å². The quantitative estimate of drug-likeness (QED) is 0.202. The zero-order valence-corrected chi connectivity index (χ0v) is 25.5. The molecule has 0 amide bonds. The topological polar surface area (TPSA) is 44.9 Å². The van der Waals surface area contributed by atoms with Crippen LogP contribution in [0.2, 0.25) is 0 Å². The van der Waals surface area contributed by atoms with Gasteiger partial charge in [-0.25, -0.2) is 9.67 Å². The molecule has 0 aliphatic rings. The Bertz CT molecular complexity index is 2340. The van der Waals surface area contributed by atoms with E-state index in [0.717, 1.165) is 61.6 Å². The van der Waals surface area contributed by atoms with Gasteiger partial charge < -0.3 is 4.74 Å². The lowest BCUT2D eigenvalue weighted by molar-refractivity contribution is 0.483. The van der Waals surface area contributed by atoms with Crippen molar-refractivity contribution in [1.29, 1.82) is 0 Å². The van der Waals surface area contributed by atoms with Crippen LogP contribution in [0.15, 0.2) is 140 Å². The van der Waals surface area contributed by atoms with Crippen LogP contribution in [0.3, 0.4) is 0 Å². The summed E-state index contributed by atoms with van der Waals surface area (Å²) in [6.07, 6.45) is 1.91. The van der Waals surface area contributed by atoms with Gasteiger partial charge in [0.2, 0.25) is 0 Å². The molecule has 5 aromatic carbocycles. The number of para-hydroxylation sites is 1. The van der Waals surface area contributed by atoms with Crippen molar-refractivity contribution in [3.63, 3.8) is 0 Å². The first-order valence-electron chi connectivity index (χ1n) is 15.3. The molecule has 8 aromatic rings. The molecule has 8 rings (SSSR count). The molecular formula is C40H32N4O. The summed E-state index contributed by atoms with van der Waals surface area (Å²) in [7, 11) is 0. The molecule has 45 heavy (non-hydrogen) atoms. The van der Waals surface area contributed by atoms with E-state index in [-0.39, 0.29) is 5.41 Å². The highest BCUT2D eigenvalue weighted by Gasteiger charge is 2.19. The van der Waals surface area contributed by atoms with Gasteiger partial charge in [-0.05, 0) is 59.5 Å². The summed E-state index contributed by atoms with van der Waals surface area (Å²) in [5.74, 6) is 2.39. The van der Waals surface area contributed by atoms with Crippen LogP contribution in [0.4, 0.5) is 0 Å². The molecule has 0 radical (unpaired) electrons. The molecule has 0 unspecified atom stereocenters. The summed E-state index contributed by atoms with van der Waals surface area (Å²) in [4.78, 5) is 4.82. The van der Waals surface area contributed by atoms with Crippen molar-refractivity contribution in [2.75, 3.05) is 0 Å². The summed E-state index contributed by atoms with van der Waals surface area (Å²) in [5, 5.41) is 8.44. The number of benzene rings is 5. The van der Waals surface area contributed by atoms with Gasteiger partial charge in [0.25, 0.3) is 0 Å². The van der Waals surface area contributed by atoms with Crippen LogP contribution in [0.25, 0.3) is 55.5 Å². The van der Waals surface area contributed by atoms with Crippen molar-refractivity contribution in [2.24, 2.45) is 0 Å². The maximum absolute atomic E-state index is 6.56. The molecule has 0 spiro atoms. The number of hydrogen-bond donors (Lipinski definition) is 0. The molecule has 3 heterocycles. The molecule has 5 heteroatoms. The van der Waals surface area contributed by atoms with Crippen molar-refractivity contribution < 1.29 is 4.74 Å². The van der Waals surface area contributed by atoms with Gasteiger partial charge in [-0.15, -0.1) is 0 Å². The van der Waals surface area contributed by atoms with E-state index in [2.05, 4.69) is 122 Å². The van der Waals surface area contributed by atoms with Gasteiger partial charge in [-0.2, -0.15) is 5.10 Å². The van der Waals surface area contributed by atoms with Crippen LogP contribution in [0, 0.1) is 0 Å². The smallest absolute Gasteiger partial charge is 0.137 e. The van der Waals surface area contributed by atoms with E-state index in [0.29, 0.717) is 0 Å². The first-order valence-corrected chi connectivity index (χ1v) is 15.3. The molecule has 218 valence electrons. The van der Waals surface area contributed by atoms with E-state index < -0.39 is 0 Å². The van der Waals surface area contributed by atoms with Crippen molar-refractivity contribution in [3.8, 4) is 34.3 Å². The first kappa shape index (κ1) is 26.9. The predicted molar refractivity (Wildman–Crippen MR) is 184 cm³/mol. The maximum atomic E-state index is 6.56. The van der Waals surface area contributed by atoms with E-state index >= 15 is 0 Å². The Morgan fingerprint density at radius 1 is 0.600 bits per heavy atom. The Morgan fingerprint density at radius 2 is 1.33 bits per heavy atom. The summed E-state index contributed by atoms with van der Waals surface area (Å²) in [5.41, 5.74) is 7.46. The Morgan fingerprint density at radius 3 is 2.18 bits per heavy atom. The molecule has 5 nitrogen and oxygen atoms in total. The second-order valence-electron chi connectivity index (χ2n) is 12.4. The number of aromatic nitrogens is 4. The minimum absolute atomic E-state index is 0.0105. The van der Waals surface area contributed by atoms with Gasteiger partial charge in [-0.3, -0.25) is 4.57 Å². The van der Waals surface area contributed by atoms with Crippen molar-refractivity contribution in [2.45, 2.75) is 26.2 Å². The average Bonchev–Trinajstić information content (AvgIpc) is 3.61. The monoisotopic (exact) mass is 584 g/mol. The van der Waals surface area contributed by atoms with E-state index in [1.165, 1.54) is 10.9 Å². The number of pyridine rings is 1. The van der Waals surface area contributed by atoms with Crippen LogP contribution in [0.5, 0.6) is 11.5 Å². The SMILES string of the molecule is CC(C)(C)c1ccnc(-n2c3ccccc3c3ccc(Oc4cccc(-n5nc6ccccc6c5-c5ccccc5)c4)cc32)c1. The van der Waals surface area contributed by atoms with Crippen LogP contribution in [0.1, 0.15) is 26.3 Å². The molecule has 0 saturated carbocycles. The van der Waals surface area contributed by atoms with E-state index in [1.54, 1.807) is 0 Å². The summed E-state index contributed by atoms with van der Waals surface area (Å²) < 4.78 is 10.8. The van der Waals surface area contributed by atoms with Crippen molar-refractivity contribution in [1.82, 2.24) is 19.3 Å². The van der Waals surface area contributed by atoms with E-state index in [4.69, 9.17) is 14.8 Å². The highest BCUT2D eigenvalue weighted by Crippen LogP contribution is 2.37. The fourth-order valence-corrected chi connectivity index (χ4v) is 6.18. The minimum atomic E-state index is 0.0105. The van der Waals surface area contributed by atoms with Crippen LogP contribution in [-0.2, 0) is 5.41 Å². The lowest BCUT2D eigenvalue weighted by Gasteiger charge is -2.20. The molecule has 0 atom stereocenters. The molecule has 0 fully saturated rings. The van der Waals surface area contributed by atoms with Gasteiger partial charge in [-0.1, -0.05) is 93.6 Å². The van der Waals surface area contributed by atoms with Gasteiger partial charge in [0.05, 0.1) is 27.9 Å². The maximum Gasteiger partial charge on any atom is 0.137 e. The molecule has 0 aliphatic heterocycles. The summed E-state index contributed by atoms with van der Waals surface area (Å²) in [6, 6.07) is 45.9. The van der Waals surface area contributed by atoms with E-state index in [1.807, 2.05) is 47.3 Å². The van der Waals surface area contributed by atoms with Crippen LogP contribution in [-0.4, -0.2) is 19.3 Å². The number of fused-ring (bicyclic) bond motifs is 4. The Labute approximate surface area is 262 Å². The second kappa shape index (κ2) is 10.5. The fourth-order valence-electron chi connectivity index (χ4n) is 6.18. The number of hydrogen-bond acceptors (Lipinski definition) is 3. The normalized spacial score (nSPS) is 11.9. The highest BCUT2D eigenvalue weighted by molar-refractivity contribution is 6.09. The Hall–Kier alpha value is -5.68. The summed E-state index contributed by atoms with van der Waals surface area (Å²) in [6.45, 7) is 6.69. The third kappa shape index (κ3) is 4.74. The van der Waals surface area contributed by atoms with E-state index in [9.17, 15) is 0 Å². The molecule has 0 N–H and O–H groups in total. The van der Waals surface area contributed by atoms with Crippen LogP contribution < -0.4 is 4.74 Å². The fraction of sp³-hybridized carbons (Fsp3) is 0.100. The number of nitrogens with zero attached hydrogens (tertiary/aromatic N) is 4. The number of rotatable bonds is 5. The largest absolute Gasteiger partial charge is 0.457 e. The standard InChI is InChI=1S/C40H32N4O/c1-40(2,3)28-22-23-41-38(24-28)43-36-19-10-8-16-32(36)33-21-20-31(26-37(33)43)45-30-15-11-14-29(25-30)44-39(27-12-5-4-6-13-27)34-17-7-9-18-35(34)42-44/h4-26H,1-3H3. The van der Waals surface area contributed by atoms with Gasteiger partial charge in [0.15, 0.2) is 0 Å². The first-order chi connectivity index (χ1) is 21.9. The molecular weight excluding hydrogens is 552 g/mol. The van der Waals surface area contributed by atoms with Gasteiger partial charge in [0.1, 0.15) is 17.3 Å². The molecule has 3 aromatic heterocycles. The zero-order valence-electron chi connectivity index (χ0n) is 25.5. The number of ether oxygens (including phenoxy) is 1. The highest BCUT2D eigenvalue weighted by atomic mass is 16.5. The lowest BCUT2D eigenvalue weighted by Crippen LogP contribution is -2.12. The van der Waals surface area contributed by atoms with Crippen molar-refractivity contribution >= 4 is 32.7 Å². The Balaban J connectivity index is 1.23. The third-order valence-electron chi connectivity index (χ3n) is 8.41. The second-order valence-corrected chi connectivity index (χ2v) is 12.4. The molecule has 0 bridgehead atoms. The Kier molecular flexibility index (Phi) is 6.27. The summed E-state index contributed by atoms with van der Waals surface area (Å²) >= 11 is 0. The lowest BCUT2D eigenvalue weighted by atomic mass is 9.88. The predicted octanol–water partition coefficient (Wildman–Crippen LogP) is 10.3. The molecule has 0 aliphatic carbocycles. The minimum Gasteiger partial charge on any atom is -0.457 e. The molecule has 0 saturated heterocycles. The average molecular weight is 585 g/mol. The zero-order chi connectivity index (χ0) is 30.5. The van der Waals surface area contributed by atoms with Gasteiger partial charge >= 0.3 is 0 Å². The van der Waals surface area contributed by atoms with Crippen molar-refractivity contribution in [3.05, 3.63) is 145 Å².